The van der Waals surface area contributed by atoms with Crippen molar-refractivity contribution >= 4 is 0 Å². The average molecular weight is 199 g/mol. The summed E-state index contributed by atoms with van der Waals surface area (Å²) in [6.07, 6.45) is 4.19. The molecule has 2 fully saturated rings. The van der Waals surface area contributed by atoms with Gasteiger partial charge < -0.3 is 10.2 Å². The number of hydrogen-bond acceptors (Lipinski definition) is 3. The minimum absolute atomic E-state index is 0.130. The Kier molecular flexibility index (Phi) is 3.10. The van der Waals surface area contributed by atoms with Crippen LogP contribution in [-0.2, 0) is 0 Å². The van der Waals surface area contributed by atoms with Gasteiger partial charge in [0.1, 0.15) is 0 Å². The van der Waals surface area contributed by atoms with Crippen molar-refractivity contribution in [3.05, 3.63) is 0 Å². The van der Waals surface area contributed by atoms with Crippen molar-refractivity contribution in [2.45, 2.75) is 50.8 Å². The molecule has 0 spiro atoms. The Morgan fingerprint density at radius 3 is 2.57 bits per heavy atom. The largest absolute Gasteiger partial charge is 0.396 e. The molecule has 14 heavy (non-hydrogen) atoms. The lowest BCUT2D eigenvalue weighted by Gasteiger charge is -2.31. The molecule has 0 amide bonds. The third-order valence-corrected chi connectivity index (χ3v) is 4.07. The summed E-state index contributed by atoms with van der Waals surface area (Å²) >= 11 is 0. The van der Waals surface area contributed by atoms with Crippen LogP contribution < -0.4 is 0 Å². The van der Waals surface area contributed by atoms with Crippen LogP contribution in [0, 0.1) is 5.92 Å². The van der Waals surface area contributed by atoms with Gasteiger partial charge in [0.05, 0.1) is 6.10 Å². The molecule has 0 bridgehead atoms. The van der Waals surface area contributed by atoms with E-state index in [1.54, 1.807) is 0 Å². The summed E-state index contributed by atoms with van der Waals surface area (Å²) in [7, 11) is 0. The van der Waals surface area contributed by atoms with Crippen LogP contribution in [0.1, 0.15) is 32.6 Å². The summed E-state index contributed by atoms with van der Waals surface area (Å²) in [5, 5.41) is 19.0. The van der Waals surface area contributed by atoms with E-state index in [2.05, 4.69) is 11.8 Å². The van der Waals surface area contributed by atoms with Crippen molar-refractivity contribution in [1.82, 2.24) is 4.90 Å². The summed E-state index contributed by atoms with van der Waals surface area (Å²) in [6.45, 7) is 3.52. The molecule has 2 N–H and O–H groups in total. The Hall–Kier alpha value is -0.120. The average Bonchev–Trinajstić information content (AvgIpc) is 2.72. The first-order chi connectivity index (χ1) is 6.74. The Balaban J connectivity index is 1.98. The lowest BCUT2D eigenvalue weighted by molar-refractivity contribution is 0.0564. The number of rotatable bonds is 2. The van der Waals surface area contributed by atoms with Gasteiger partial charge in [-0.15, -0.1) is 0 Å². The number of aliphatic hydroxyl groups is 2. The molecule has 82 valence electrons. The van der Waals surface area contributed by atoms with Crippen LogP contribution in [0.5, 0.6) is 0 Å². The van der Waals surface area contributed by atoms with E-state index in [-0.39, 0.29) is 6.10 Å². The van der Waals surface area contributed by atoms with Crippen LogP contribution >= 0.6 is 0 Å². The maximum absolute atomic E-state index is 9.82. The van der Waals surface area contributed by atoms with Gasteiger partial charge in [0.25, 0.3) is 0 Å². The van der Waals surface area contributed by atoms with Gasteiger partial charge in [0.2, 0.25) is 0 Å². The fourth-order valence-corrected chi connectivity index (χ4v) is 3.05. The zero-order valence-corrected chi connectivity index (χ0v) is 8.89. The monoisotopic (exact) mass is 199 g/mol. The Morgan fingerprint density at radius 1 is 1.29 bits per heavy atom. The molecule has 2 unspecified atom stereocenters. The van der Waals surface area contributed by atoms with Crippen molar-refractivity contribution in [2.75, 3.05) is 13.2 Å². The van der Waals surface area contributed by atoms with Crippen LogP contribution in [0.4, 0.5) is 0 Å². The molecule has 1 heterocycles. The van der Waals surface area contributed by atoms with Gasteiger partial charge in [-0.2, -0.15) is 0 Å². The first kappa shape index (κ1) is 10.4. The minimum atomic E-state index is -0.130. The van der Waals surface area contributed by atoms with Crippen LogP contribution in [0.2, 0.25) is 0 Å². The van der Waals surface area contributed by atoms with Gasteiger partial charge in [-0.1, -0.05) is 0 Å². The molecule has 0 aromatic heterocycles. The summed E-state index contributed by atoms with van der Waals surface area (Å²) < 4.78 is 0. The fraction of sp³-hybridized carbons (Fsp3) is 1.00. The molecule has 0 aromatic carbocycles. The molecule has 1 saturated carbocycles. The van der Waals surface area contributed by atoms with Crippen molar-refractivity contribution in [3.63, 3.8) is 0 Å². The maximum Gasteiger partial charge on any atom is 0.0695 e. The lowest BCUT2D eigenvalue weighted by Crippen LogP contribution is -2.43. The predicted molar refractivity (Wildman–Crippen MR) is 55.0 cm³/mol. The number of nitrogens with zero attached hydrogens (tertiary/aromatic N) is 1. The summed E-state index contributed by atoms with van der Waals surface area (Å²) in [5.74, 6) is 0.419. The Bertz CT molecular complexity index is 198. The van der Waals surface area contributed by atoms with Gasteiger partial charge >= 0.3 is 0 Å². The van der Waals surface area contributed by atoms with Crippen molar-refractivity contribution in [3.8, 4) is 0 Å². The molecule has 0 radical (unpaired) electrons. The smallest absolute Gasteiger partial charge is 0.0695 e. The maximum atomic E-state index is 9.82. The molecule has 2 aliphatic rings. The SMILES string of the molecule is CC1C(CO)CCN1[C@@H]1CCC[C@H]1O. The highest BCUT2D eigenvalue weighted by Crippen LogP contribution is 2.32. The minimum Gasteiger partial charge on any atom is -0.396 e. The molecule has 3 nitrogen and oxygen atoms in total. The van der Waals surface area contributed by atoms with Crippen molar-refractivity contribution < 1.29 is 10.2 Å². The molecule has 4 atom stereocenters. The second kappa shape index (κ2) is 4.17. The highest BCUT2D eigenvalue weighted by atomic mass is 16.3. The predicted octanol–water partition coefficient (Wildman–Crippen LogP) is 0.602. The van der Waals surface area contributed by atoms with Crippen molar-refractivity contribution in [2.24, 2.45) is 5.92 Å². The van der Waals surface area contributed by atoms with E-state index in [1.807, 2.05) is 0 Å². The second-order valence-corrected chi connectivity index (χ2v) is 4.78. The molecular formula is C11H21NO2. The van der Waals surface area contributed by atoms with E-state index in [0.717, 1.165) is 32.2 Å². The van der Waals surface area contributed by atoms with Crippen LogP contribution in [-0.4, -0.2) is 46.5 Å². The number of hydrogen-bond donors (Lipinski definition) is 2. The summed E-state index contributed by atoms with van der Waals surface area (Å²) in [4.78, 5) is 2.40. The molecule has 1 saturated heterocycles. The molecule has 0 aromatic rings. The van der Waals surface area contributed by atoms with Gasteiger partial charge in [0, 0.05) is 18.7 Å². The number of aliphatic hydroxyl groups excluding tert-OH is 2. The van der Waals surface area contributed by atoms with E-state index in [1.165, 1.54) is 0 Å². The quantitative estimate of drug-likeness (QED) is 0.684. The molecule has 1 aliphatic heterocycles. The highest BCUT2D eigenvalue weighted by Gasteiger charge is 2.39. The lowest BCUT2D eigenvalue weighted by atomic mass is 10.0. The normalized spacial score (nSPS) is 44.8. The van der Waals surface area contributed by atoms with E-state index in [0.29, 0.717) is 24.6 Å². The summed E-state index contributed by atoms with van der Waals surface area (Å²) in [5.41, 5.74) is 0. The number of likely N-dealkylation sites (tertiary alicyclic amines) is 1. The van der Waals surface area contributed by atoms with E-state index < -0.39 is 0 Å². The topological polar surface area (TPSA) is 43.7 Å². The van der Waals surface area contributed by atoms with E-state index >= 15 is 0 Å². The highest BCUT2D eigenvalue weighted by molar-refractivity contribution is 4.93. The van der Waals surface area contributed by atoms with Crippen LogP contribution in [0.15, 0.2) is 0 Å². The molecular weight excluding hydrogens is 178 g/mol. The zero-order chi connectivity index (χ0) is 10.1. The Labute approximate surface area is 85.7 Å². The fourth-order valence-electron chi connectivity index (χ4n) is 3.05. The van der Waals surface area contributed by atoms with Gasteiger partial charge in [-0.05, 0) is 45.1 Å². The Morgan fingerprint density at radius 2 is 2.07 bits per heavy atom. The first-order valence-electron chi connectivity index (χ1n) is 5.78. The van der Waals surface area contributed by atoms with E-state index in [9.17, 15) is 10.2 Å². The zero-order valence-electron chi connectivity index (χ0n) is 8.89. The molecule has 1 aliphatic carbocycles. The van der Waals surface area contributed by atoms with E-state index in [4.69, 9.17) is 0 Å². The van der Waals surface area contributed by atoms with Gasteiger partial charge in [-0.25, -0.2) is 0 Å². The van der Waals surface area contributed by atoms with Crippen LogP contribution in [0.3, 0.4) is 0 Å². The molecule has 2 rings (SSSR count). The third-order valence-electron chi connectivity index (χ3n) is 4.07. The second-order valence-electron chi connectivity index (χ2n) is 4.78. The first-order valence-corrected chi connectivity index (χ1v) is 5.78. The third kappa shape index (κ3) is 1.69. The summed E-state index contributed by atoms with van der Waals surface area (Å²) in [6, 6.07) is 0.805. The molecule has 3 heteroatoms. The van der Waals surface area contributed by atoms with Crippen molar-refractivity contribution in [1.29, 1.82) is 0 Å². The van der Waals surface area contributed by atoms with Crippen LogP contribution in [0.25, 0.3) is 0 Å². The standard InChI is InChI=1S/C11H21NO2/c1-8-9(7-13)5-6-12(8)10-3-2-4-11(10)14/h8-11,13-14H,2-7H2,1H3/t8?,9?,10-,11-/m1/s1. The van der Waals surface area contributed by atoms with Gasteiger partial charge in [0.15, 0.2) is 0 Å². The van der Waals surface area contributed by atoms with Gasteiger partial charge in [-0.3, -0.25) is 4.90 Å².